The van der Waals surface area contributed by atoms with Gasteiger partial charge in [0.1, 0.15) is 42.9 Å². The van der Waals surface area contributed by atoms with Crippen molar-refractivity contribution in [3.8, 4) is 5.75 Å². The Morgan fingerprint density at radius 2 is 1.46 bits per heavy atom. The Morgan fingerprint density at radius 3 is 2.06 bits per heavy atom. The van der Waals surface area contributed by atoms with Crippen LogP contribution in [0.15, 0.2) is 24.3 Å². The summed E-state index contributed by atoms with van der Waals surface area (Å²) in [5.41, 5.74) is 6.02. The molecule has 0 saturated carbocycles. The fourth-order valence-corrected chi connectivity index (χ4v) is 5.79. The first-order chi connectivity index (χ1) is 22.9. The lowest BCUT2D eigenvalue weighted by molar-refractivity contribution is -0.280. The van der Waals surface area contributed by atoms with E-state index in [0.29, 0.717) is 18.4 Å². The lowest BCUT2D eigenvalue weighted by Crippen LogP contribution is -2.62. The highest BCUT2D eigenvalue weighted by Crippen LogP contribution is 2.42. The van der Waals surface area contributed by atoms with Gasteiger partial charge < -0.3 is 44.7 Å². The van der Waals surface area contributed by atoms with Gasteiger partial charge in [0.25, 0.3) is 0 Å². The van der Waals surface area contributed by atoms with Crippen molar-refractivity contribution in [2.45, 2.75) is 141 Å². The largest absolute Gasteiger partial charge is 0.470 e. The van der Waals surface area contributed by atoms with Crippen LogP contribution in [0.25, 0.3) is 0 Å². The zero-order chi connectivity index (χ0) is 35.5. The molecule has 6 atom stereocenters. The number of aliphatic hydroxyl groups excluding tert-OH is 2. The molecule has 6 unspecified atom stereocenters. The Kier molecular flexibility index (Phi) is 19.4. The second-order valence-electron chi connectivity index (χ2n) is 12.1. The molecule has 2 rings (SSSR count). The van der Waals surface area contributed by atoms with Gasteiger partial charge in [-0.15, -0.1) is 0 Å². The van der Waals surface area contributed by atoms with Crippen LogP contribution in [0.5, 0.6) is 5.75 Å². The Morgan fingerprint density at radius 1 is 0.875 bits per heavy atom. The molecule has 15 heteroatoms. The van der Waals surface area contributed by atoms with Crippen molar-refractivity contribution < 1.29 is 62.4 Å². The molecule has 1 aromatic rings. The summed E-state index contributed by atoms with van der Waals surface area (Å²) in [6.07, 6.45) is 0.676. The van der Waals surface area contributed by atoms with Crippen LogP contribution in [-0.2, 0) is 37.7 Å². The molecule has 0 bridgehead atoms. The summed E-state index contributed by atoms with van der Waals surface area (Å²) in [7, 11) is -5.28. The highest BCUT2D eigenvalue weighted by molar-refractivity contribution is 7.46. The zero-order valence-electron chi connectivity index (χ0n) is 28.1. The van der Waals surface area contributed by atoms with Crippen LogP contribution in [0.3, 0.4) is 0 Å². The number of carbonyl (C=O) groups excluding carboxylic acids is 3. The first-order valence-electron chi connectivity index (χ1n) is 17.0. The van der Waals surface area contributed by atoms with E-state index in [9.17, 15) is 38.9 Å². The molecule has 0 aliphatic carbocycles. The van der Waals surface area contributed by atoms with E-state index in [1.807, 2.05) is 6.92 Å². The molecule has 48 heavy (non-hydrogen) atoms. The third-order valence-corrected chi connectivity index (χ3v) is 8.45. The predicted octanol–water partition coefficient (Wildman–Crippen LogP) is 4.15. The normalized spacial score (nSPS) is 21.8. The van der Waals surface area contributed by atoms with E-state index in [1.165, 1.54) is 37.1 Å². The Hall–Kier alpha value is -2.42. The summed E-state index contributed by atoms with van der Waals surface area (Å²) < 4.78 is 39.5. The maximum Gasteiger partial charge on any atom is 0.470 e. The second-order valence-corrected chi connectivity index (χ2v) is 13.3. The maximum absolute atomic E-state index is 12.9. The standard InChI is InChI=1S/C33H54NO13P/c1-3-5-7-8-9-10-11-13-15-28(37)46-32-31(47-48(40,41)42)30(39)27(22-43-29(38)20-24(35)14-12-6-4-2)45-33(32)44-25-18-16-23(17-19-25)26(36)21-34/h16-19,26-27,30-33,36,39H,3-15,20-22,34H2,1-2H3,(H2,40,41,42). The molecule has 0 aromatic heterocycles. The van der Waals surface area contributed by atoms with E-state index in [0.717, 1.165) is 44.9 Å². The van der Waals surface area contributed by atoms with E-state index < -0.39 is 69.6 Å². The minimum Gasteiger partial charge on any atom is -0.462 e. The van der Waals surface area contributed by atoms with Gasteiger partial charge in [-0.25, -0.2) is 4.57 Å². The highest BCUT2D eigenvalue weighted by atomic mass is 31.2. The van der Waals surface area contributed by atoms with Crippen LogP contribution in [-0.4, -0.2) is 81.6 Å². The molecule has 1 saturated heterocycles. The van der Waals surface area contributed by atoms with Crippen molar-refractivity contribution in [1.82, 2.24) is 0 Å². The minimum atomic E-state index is -5.28. The minimum absolute atomic E-state index is 0.00406. The molecule has 1 aliphatic heterocycles. The Bertz CT molecular complexity index is 1140. The van der Waals surface area contributed by atoms with Crippen LogP contribution in [0, 0.1) is 0 Å². The number of carbonyl (C=O) groups is 3. The van der Waals surface area contributed by atoms with Crippen molar-refractivity contribution in [3.05, 3.63) is 29.8 Å². The lowest BCUT2D eigenvalue weighted by atomic mass is 9.99. The molecule has 274 valence electrons. The smallest absolute Gasteiger partial charge is 0.462 e. The number of nitrogens with two attached hydrogens (primary N) is 1. The molecule has 1 heterocycles. The average molecular weight is 704 g/mol. The van der Waals surface area contributed by atoms with Crippen LogP contribution in [0.4, 0.5) is 0 Å². The van der Waals surface area contributed by atoms with Crippen LogP contribution < -0.4 is 10.5 Å². The SMILES string of the molecule is CCCCCCCCCCC(=O)OC1C(Oc2ccc(C(O)CN)cc2)OC(COC(=O)CC(=O)CCCCC)C(O)C1OP(=O)(O)O. The summed E-state index contributed by atoms with van der Waals surface area (Å²) in [6, 6.07) is 6.02. The van der Waals surface area contributed by atoms with E-state index in [2.05, 4.69) is 6.92 Å². The van der Waals surface area contributed by atoms with Gasteiger partial charge in [0, 0.05) is 19.4 Å². The number of ketones is 1. The summed E-state index contributed by atoms with van der Waals surface area (Å²) in [4.78, 5) is 56.8. The predicted molar refractivity (Wildman–Crippen MR) is 175 cm³/mol. The second kappa shape index (κ2) is 22.3. The Labute approximate surface area is 282 Å². The third kappa shape index (κ3) is 15.9. The highest BCUT2D eigenvalue weighted by Gasteiger charge is 2.52. The summed E-state index contributed by atoms with van der Waals surface area (Å²) >= 11 is 0. The zero-order valence-corrected chi connectivity index (χ0v) is 29.0. The van der Waals surface area contributed by atoms with Crippen molar-refractivity contribution in [2.24, 2.45) is 5.73 Å². The third-order valence-electron chi connectivity index (χ3n) is 7.93. The number of phosphoric ester groups is 1. The number of hydrogen-bond donors (Lipinski definition) is 5. The Balaban J connectivity index is 2.20. The molecular formula is C33H54NO13P. The lowest BCUT2D eigenvalue weighted by Gasteiger charge is -2.43. The maximum atomic E-state index is 12.9. The topological polar surface area (TPSA) is 221 Å². The van der Waals surface area contributed by atoms with Crippen LogP contribution in [0.2, 0.25) is 0 Å². The van der Waals surface area contributed by atoms with E-state index >= 15 is 0 Å². The fraction of sp³-hybridized carbons (Fsp3) is 0.727. The van der Waals surface area contributed by atoms with Gasteiger partial charge in [-0.3, -0.25) is 18.9 Å². The van der Waals surface area contributed by atoms with E-state index in [4.69, 9.17) is 29.2 Å². The van der Waals surface area contributed by atoms with Gasteiger partial charge in [0.2, 0.25) is 6.29 Å². The molecule has 1 fully saturated rings. The van der Waals surface area contributed by atoms with Crippen molar-refractivity contribution in [3.63, 3.8) is 0 Å². The molecule has 1 aromatic carbocycles. The number of aliphatic hydroxyl groups is 2. The van der Waals surface area contributed by atoms with Crippen LogP contribution >= 0.6 is 7.82 Å². The van der Waals surface area contributed by atoms with E-state index in [1.54, 1.807) is 0 Å². The number of rotatable bonds is 24. The number of ether oxygens (including phenoxy) is 4. The number of esters is 2. The summed E-state index contributed by atoms with van der Waals surface area (Å²) in [6.45, 7) is 3.49. The fourth-order valence-electron chi connectivity index (χ4n) is 5.23. The average Bonchev–Trinajstić information content (AvgIpc) is 3.04. The number of phosphoric acid groups is 1. The summed E-state index contributed by atoms with van der Waals surface area (Å²) in [5.74, 6) is -1.75. The van der Waals surface area contributed by atoms with Gasteiger partial charge in [-0.05, 0) is 30.5 Å². The first kappa shape index (κ1) is 41.7. The summed E-state index contributed by atoms with van der Waals surface area (Å²) in [5, 5.41) is 21.1. The van der Waals surface area contributed by atoms with Gasteiger partial charge in [-0.1, -0.05) is 83.8 Å². The van der Waals surface area contributed by atoms with Crippen molar-refractivity contribution in [1.29, 1.82) is 0 Å². The monoisotopic (exact) mass is 703 g/mol. The molecular weight excluding hydrogens is 649 g/mol. The molecule has 1 aliphatic rings. The molecule has 14 nitrogen and oxygen atoms in total. The number of unbranched alkanes of at least 4 members (excludes halogenated alkanes) is 9. The van der Waals surface area contributed by atoms with E-state index in [-0.39, 0.29) is 30.9 Å². The van der Waals surface area contributed by atoms with Crippen molar-refractivity contribution in [2.75, 3.05) is 13.2 Å². The number of Topliss-reactive ketones (excluding diaryl/α,β-unsaturated/α-hetero) is 1. The van der Waals surface area contributed by atoms with Gasteiger partial charge >= 0.3 is 19.8 Å². The van der Waals surface area contributed by atoms with Gasteiger partial charge in [0.05, 0.1) is 6.10 Å². The quantitative estimate of drug-likeness (QED) is 0.0442. The molecule has 6 N–H and O–H groups in total. The van der Waals surface area contributed by atoms with Gasteiger partial charge in [-0.2, -0.15) is 0 Å². The number of hydrogen-bond acceptors (Lipinski definition) is 12. The number of benzene rings is 1. The first-order valence-corrected chi connectivity index (χ1v) is 18.5. The molecule has 0 spiro atoms. The van der Waals surface area contributed by atoms with Crippen LogP contribution in [0.1, 0.15) is 115 Å². The molecule has 0 amide bonds. The molecule has 0 radical (unpaired) electrons. The van der Waals surface area contributed by atoms with Gasteiger partial charge in [0.15, 0.2) is 6.10 Å². The van der Waals surface area contributed by atoms with Crippen molar-refractivity contribution >= 4 is 25.5 Å².